The van der Waals surface area contributed by atoms with Crippen molar-refractivity contribution < 1.29 is 4.74 Å². The maximum atomic E-state index is 5.42. The van der Waals surface area contributed by atoms with E-state index in [1.807, 2.05) is 7.11 Å². The molecule has 0 bridgehead atoms. The maximum absolute atomic E-state index is 5.42. The van der Waals surface area contributed by atoms with Crippen LogP contribution in [0, 0.1) is 5.92 Å². The third-order valence-corrected chi connectivity index (χ3v) is 2.88. The van der Waals surface area contributed by atoms with Crippen molar-refractivity contribution in [1.29, 1.82) is 0 Å². The molecule has 2 atom stereocenters. The van der Waals surface area contributed by atoms with Gasteiger partial charge in [0.15, 0.2) is 0 Å². The van der Waals surface area contributed by atoms with Crippen LogP contribution in [0.1, 0.15) is 39.5 Å². The largest absolute Gasteiger partial charge is 0.380 e. The van der Waals surface area contributed by atoms with E-state index in [9.17, 15) is 0 Å². The van der Waals surface area contributed by atoms with Crippen LogP contribution < -0.4 is 5.32 Å². The molecule has 0 radical (unpaired) electrons. The van der Waals surface area contributed by atoms with Gasteiger partial charge in [-0.25, -0.2) is 0 Å². The van der Waals surface area contributed by atoms with E-state index in [4.69, 9.17) is 4.74 Å². The first-order valence-electron chi connectivity index (χ1n) is 5.50. The number of ether oxygens (including phenoxy) is 1. The van der Waals surface area contributed by atoms with Crippen molar-refractivity contribution in [2.45, 2.75) is 51.7 Å². The van der Waals surface area contributed by atoms with E-state index in [-0.39, 0.29) is 0 Å². The zero-order valence-electron chi connectivity index (χ0n) is 9.18. The molecule has 0 spiro atoms. The van der Waals surface area contributed by atoms with Crippen LogP contribution in [-0.2, 0) is 4.74 Å². The van der Waals surface area contributed by atoms with Crippen molar-refractivity contribution in [2.24, 2.45) is 5.92 Å². The van der Waals surface area contributed by atoms with Gasteiger partial charge in [-0.05, 0) is 38.1 Å². The molecule has 1 N–H and O–H groups in total. The van der Waals surface area contributed by atoms with Gasteiger partial charge >= 0.3 is 0 Å². The maximum Gasteiger partial charge on any atom is 0.0724 e. The fourth-order valence-corrected chi connectivity index (χ4v) is 2.00. The average Bonchev–Trinajstić information content (AvgIpc) is 2.51. The van der Waals surface area contributed by atoms with Crippen molar-refractivity contribution >= 4 is 0 Å². The minimum absolute atomic E-state index is 0.465. The molecule has 1 saturated carbocycles. The summed E-state index contributed by atoms with van der Waals surface area (Å²) in [6.45, 7) is 5.68. The lowest BCUT2D eigenvalue weighted by atomic mass is 10.1. The Morgan fingerprint density at radius 2 is 2.15 bits per heavy atom. The molecule has 2 heteroatoms. The van der Waals surface area contributed by atoms with Gasteiger partial charge in [0.2, 0.25) is 0 Å². The van der Waals surface area contributed by atoms with E-state index in [1.54, 1.807) is 0 Å². The van der Waals surface area contributed by atoms with Crippen molar-refractivity contribution in [3.63, 3.8) is 0 Å². The van der Waals surface area contributed by atoms with Gasteiger partial charge in [0.25, 0.3) is 0 Å². The minimum Gasteiger partial charge on any atom is -0.380 e. The molecule has 0 saturated heterocycles. The van der Waals surface area contributed by atoms with Crippen molar-refractivity contribution in [1.82, 2.24) is 5.32 Å². The molecule has 2 nitrogen and oxygen atoms in total. The molecule has 0 amide bonds. The fraction of sp³-hybridized carbons (Fsp3) is 1.00. The van der Waals surface area contributed by atoms with Crippen LogP contribution in [0.4, 0.5) is 0 Å². The van der Waals surface area contributed by atoms with E-state index >= 15 is 0 Å². The van der Waals surface area contributed by atoms with E-state index < -0.39 is 0 Å². The molecule has 2 unspecified atom stereocenters. The second-order valence-electron chi connectivity index (χ2n) is 4.45. The molecule has 1 aliphatic rings. The molecule has 13 heavy (non-hydrogen) atoms. The van der Waals surface area contributed by atoms with Crippen LogP contribution in [0.2, 0.25) is 0 Å². The summed E-state index contributed by atoms with van der Waals surface area (Å²) < 4.78 is 5.42. The Hall–Kier alpha value is -0.0800. The van der Waals surface area contributed by atoms with Gasteiger partial charge in [-0.1, -0.05) is 13.8 Å². The van der Waals surface area contributed by atoms with Crippen molar-refractivity contribution in [2.75, 3.05) is 13.7 Å². The van der Waals surface area contributed by atoms with E-state index in [1.165, 1.54) is 25.7 Å². The summed E-state index contributed by atoms with van der Waals surface area (Å²) in [7, 11) is 1.83. The Morgan fingerprint density at radius 1 is 1.38 bits per heavy atom. The summed E-state index contributed by atoms with van der Waals surface area (Å²) >= 11 is 0. The van der Waals surface area contributed by atoms with E-state index in [0.717, 1.165) is 12.5 Å². The molecule has 78 valence electrons. The van der Waals surface area contributed by atoms with Crippen molar-refractivity contribution in [3.05, 3.63) is 0 Å². The molecule has 0 aromatic rings. The van der Waals surface area contributed by atoms with Crippen molar-refractivity contribution in [3.8, 4) is 0 Å². The number of rotatable bonds is 5. The topological polar surface area (TPSA) is 21.3 Å². The first-order valence-corrected chi connectivity index (χ1v) is 5.50. The highest BCUT2D eigenvalue weighted by Crippen LogP contribution is 2.21. The number of nitrogens with one attached hydrogen (secondary N) is 1. The third-order valence-electron chi connectivity index (χ3n) is 2.88. The van der Waals surface area contributed by atoms with Crippen LogP contribution in [0.3, 0.4) is 0 Å². The zero-order valence-corrected chi connectivity index (χ0v) is 9.18. The number of methoxy groups -OCH3 is 1. The lowest BCUT2D eigenvalue weighted by molar-refractivity contribution is 0.0849. The van der Waals surface area contributed by atoms with Gasteiger partial charge in [0.1, 0.15) is 0 Å². The lowest BCUT2D eigenvalue weighted by Gasteiger charge is -2.20. The van der Waals surface area contributed by atoms with Gasteiger partial charge in [-0.2, -0.15) is 0 Å². The van der Waals surface area contributed by atoms with Gasteiger partial charge in [0, 0.05) is 13.2 Å². The monoisotopic (exact) mass is 185 g/mol. The standard InChI is InChI=1S/C11H23NO/c1-9(2)7-8-12-10-5-4-6-11(10)13-3/h9-12H,4-8H2,1-3H3. The quantitative estimate of drug-likeness (QED) is 0.709. The van der Waals surface area contributed by atoms with Crippen LogP contribution in [0.15, 0.2) is 0 Å². The third kappa shape index (κ3) is 3.65. The number of hydrogen-bond acceptors (Lipinski definition) is 2. The highest BCUT2D eigenvalue weighted by Gasteiger charge is 2.25. The van der Waals surface area contributed by atoms with Crippen LogP contribution >= 0.6 is 0 Å². The minimum atomic E-state index is 0.465. The molecule has 0 aromatic carbocycles. The molecule has 1 fully saturated rings. The summed E-state index contributed by atoms with van der Waals surface area (Å²) in [5, 5.41) is 3.59. The molecular formula is C11H23NO. The zero-order chi connectivity index (χ0) is 9.68. The summed E-state index contributed by atoms with van der Waals surface area (Å²) in [6, 6.07) is 0.615. The first-order chi connectivity index (χ1) is 6.24. The smallest absolute Gasteiger partial charge is 0.0724 e. The molecule has 0 aromatic heterocycles. The predicted octanol–water partition coefficient (Wildman–Crippen LogP) is 2.19. The van der Waals surface area contributed by atoms with Gasteiger partial charge in [0.05, 0.1) is 6.10 Å². The van der Waals surface area contributed by atoms with Gasteiger partial charge in [-0.15, -0.1) is 0 Å². The van der Waals surface area contributed by atoms with Crippen LogP contribution in [-0.4, -0.2) is 25.8 Å². The molecule has 0 heterocycles. The normalized spacial score (nSPS) is 28.6. The van der Waals surface area contributed by atoms with E-state index in [0.29, 0.717) is 12.1 Å². The summed E-state index contributed by atoms with van der Waals surface area (Å²) in [6.07, 6.45) is 5.57. The summed E-state index contributed by atoms with van der Waals surface area (Å²) in [5.41, 5.74) is 0. The van der Waals surface area contributed by atoms with Crippen LogP contribution in [0.5, 0.6) is 0 Å². The lowest BCUT2D eigenvalue weighted by Crippen LogP contribution is -2.37. The fourth-order valence-electron chi connectivity index (χ4n) is 2.00. The highest BCUT2D eigenvalue weighted by atomic mass is 16.5. The second-order valence-corrected chi connectivity index (χ2v) is 4.45. The first kappa shape index (κ1) is 11.0. The van der Waals surface area contributed by atoms with E-state index in [2.05, 4.69) is 19.2 Å². The molecule has 1 rings (SSSR count). The Balaban J connectivity index is 2.13. The second kappa shape index (κ2) is 5.61. The Labute approximate surface area is 82.0 Å². The molecule has 1 aliphatic carbocycles. The Kier molecular flexibility index (Phi) is 4.74. The average molecular weight is 185 g/mol. The molecular weight excluding hydrogens is 162 g/mol. The number of hydrogen-bond donors (Lipinski definition) is 1. The summed E-state index contributed by atoms with van der Waals surface area (Å²) in [5.74, 6) is 0.801. The molecule has 0 aliphatic heterocycles. The Bertz CT molecular complexity index is 136. The van der Waals surface area contributed by atoms with Crippen LogP contribution in [0.25, 0.3) is 0 Å². The predicted molar refractivity (Wildman–Crippen MR) is 55.9 cm³/mol. The SMILES string of the molecule is COC1CCCC1NCCC(C)C. The van der Waals surface area contributed by atoms with Gasteiger partial charge < -0.3 is 10.1 Å². The highest BCUT2D eigenvalue weighted by molar-refractivity contribution is 4.83. The summed E-state index contributed by atoms with van der Waals surface area (Å²) in [4.78, 5) is 0. The Morgan fingerprint density at radius 3 is 2.77 bits per heavy atom. The van der Waals surface area contributed by atoms with Gasteiger partial charge in [-0.3, -0.25) is 0 Å².